The lowest BCUT2D eigenvalue weighted by atomic mass is 9.98. The first-order valence-electron chi connectivity index (χ1n) is 9.88. The minimum absolute atomic E-state index is 0.721. The Balaban J connectivity index is 1.61. The van der Waals surface area contributed by atoms with E-state index in [1.807, 2.05) is 4.98 Å². The summed E-state index contributed by atoms with van der Waals surface area (Å²) in [7, 11) is -11.5. The summed E-state index contributed by atoms with van der Waals surface area (Å²) in [6.45, 7) is 0.269. The van der Waals surface area contributed by atoms with Crippen LogP contribution in [-0.4, -0.2) is 85.5 Å². The Labute approximate surface area is 195 Å². The smallest absolute Gasteiger partial charge is 0.330 e. The summed E-state index contributed by atoms with van der Waals surface area (Å²) in [5, 5.41) is 39.9. The number of aromatic nitrogens is 2. The van der Waals surface area contributed by atoms with Crippen LogP contribution in [-0.2, 0) is 32.0 Å². The molecule has 0 saturated carbocycles. The van der Waals surface area contributed by atoms with E-state index in [2.05, 4.69) is 13.4 Å². The van der Waals surface area contributed by atoms with Gasteiger partial charge in [0.15, 0.2) is 12.5 Å². The van der Waals surface area contributed by atoms with Crippen molar-refractivity contribution in [3.05, 3.63) is 33.1 Å². The maximum Gasteiger partial charge on any atom is 0.330 e. The van der Waals surface area contributed by atoms with Crippen molar-refractivity contribution in [2.75, 3.05) is 6.61 Å². The van der Waals surface area contributed by atoms with Crippen molar-refractivity contribution in [1.29, 1.82) is 0 Å². The summed E-state index contributed by atoms with van der Waals surface area (Å²) in [5.74, 6) is 0. The Morgan fingerprint density at radius 1 is 1.09 bits per heavy atom. The summed E-state index contributed by atoms with van der Waals surface area (Å²) in [4.78, 5) is 48.9. The fourth-order valence-corrected chi connectivity index (χ4v) is 5.40. The number of hydrogen-bond donors (Lipinski definition) is 6. The van der Waals surface area contributed by atoms with Crippen LogP contribution < -0.4 is 26.8 Å². The summed E-state index contributed by atoms with van der Waals surface area (Å²) >= 11 is 0. The van der Waals surface area contributed by atoms with E-state index in [-0.39, 0.29) is 0 Å². The van der Waals surface area contributed by atoms with Crippen LogP contribution >= 0.6 is 15.6 Å². The van der Waals surface area contributed by atoms with E-state index in [9.17, 15) is 48.9 Å². The maximum atomic E-state index is 12.0. The van der Waals surface area contributed by atoms with Crippen LogP contribution in [0.2, 0.25) is 0 Å². The van der Waals surface area contributed by atoms with Gasteiger partial charge in [-0.25, -0.2) is 9.11 Å². The molecule has 2 saturated heterocycles. The molecule has 0 aliphatic carbocycles. The van der Waals surface area contributed by atoms with E-state index in [0.29, 0.717) is 0 Å². The number of aliphatic hydroxyl groups is 4. The SMILES string of the molecule is C[C@H]1O[C@H](OP(=O)([O-])OP(=O)([O-])OC[C@H]2O[C@@H](n3ccc(=O)[nH]c3=O)[C@H](O)[C@@H]2O)[C@H](O)[C@@H](O)[C@@H]1N. The van der Waals surface area contributed by atoms with Crippen molar-refractivity contribution in [2.45, 2.75) is 62.1 Å². The second kappa shape index (κ2) is 10.6. The summed E-state index contributed by atoms with van der Waals surface area (Å²) in [6.07, 6.45) is -12.4. The van der Waals surface area contributed by atoms with E-state index >= 15 is 0 Å². The third-order valence-electron chi connectivity index (χ3n) is 5.21. The fourth-order valence-electron chi connectivity index (χ4n) is 3.32. The van der Waals surface area contributed by atoms with Crippen molar-refractivity contribution in [3.63, 3.8) is 0 Å². The molecule has 2 unspecified atom stereocenters. The number of phosphoric acid groups is 2. The molecule has 0 bridgehead atoms. The molecule has 2 fully saturated rings. The Morgan fingerprint density at radius 3 is 2.37 bits per heavy atom. The highest BCUT2D eigenvalue weighted by molar-refractivity contribution is 7.59. The second-order valence-corrected chi connectivity index (χ2v) is 10.6. The van der Waals surface area contributed by atoms with Gasteiger partial charge in [-0.3, -0.25) is 28.0 Å². The van der Waals surface area contributed by atoms with Gasteiger partial charge in [0.1, 0.15) is 30.5 Å². The van der Waals surface area contributed by atoms with Gasteiger partial charge in [-0.05, 0) is 6.92 Å². The molecule has 3 heterocycles. The number of ether oxygens (including phenoxy) is 2. The van der Waals surface area contributed by atoms with Crippen LogP contribution in [0, 0.1) is 0 Å². The molecule has 18 nitrogen and oxygen atoms in total. The lowest BCUT2D eigenvalue weighted by Gasteiger charge is -2.42. The average molecular weight is 547 g/mol. The van der Waals surface area contributed by atoms with E-state index < -0.39 is 88.7 Å². The van der Waals surface area contributed by atoms with Crippen LogP contribution in [0.5, 0.6) is 0 Å². The molecule has 2 aliphatic rings. The molecule has 0 aromatic carbocycles. The normalized spacial score (nSPS) is 39.1. The number of aliphatic hydroxyl groups excluding tert-OH is 4. The standard InChI is InChI=1S/C15H25N3O15P2/c1-5-8(16)10(21)12(23)14(30-5)32-35(27,28)33-34(25,26)29-4-6-9(20)11(22)13(31-6)18-3-2-7(19)17-15(18)24/h2-3,5-6,8-14,20-23H,4,16H2,1H3,(H,25,26)(H,27,28)(H,17,19,24)/p-2/t5-,6-,8-,9-,10+,11-,12-,13-,14-/m1/s1. The molecule has 1 aromatic rings. The van der Waals surface area contributed by atoms with Crippen LogP contribution in [0.3, 0.4) is 0 Å². The molecule has 35 heavy (non-hydrogen) atoms. The number of nitrogens with one attached hydrogen (secondary N) is 1. The quantitative estimate of drug-likeness (QED) is 0.166. The van der Waals surface area contributed by atoms with Gasteiger partial charge in [0, 0.05) is 12.3 Å². The van der Waals surface area contributed by atoms with Gasteiger partial charge in [0.05, 0.1) is 18.8 Å². The van der Waals surface area contributed by atoms with E-state index in [4.69, 9.17) is 15.2 Å². The highest BCUT2D eigenvalue weighted by Crippen LogP contribution is 2.57. The number of aromatic amines is 1. The van der Waals surface area contributed by atoms with Crippen LogP contribution in [0.25, 0.3) is 0 Å². The van der Waals surface area contributed by atoms with Gasteiger partial charge in [0.2, 0.25) is 0 Å². The Hall–Kier alpha value is -1.34. The number of rotatable bonds is 8. The van der Waals surface area contributed by atoms with E-state index in [1.54, 1.807) is 0 Å². The van der Waals surface area contributed by atoms with Crippen molar-refractivity contribution in [1.82, 2.24) is 9.55 Å². The molecular formula is C15H23N3O15P2-2. The second-order valence-electron chi connectivity index (χ2n) is 7.71. The summed E-state index contributed by atoms with van der Waals surface area (Å²) in [5.41, 5.74) is 3.81. The molecule has 2 aliphatic heterocycles. The molecule has 11 atom stereocenters. The largest absolute Gasteiger partial charge is 0.756 e. The van der Waals surface area contributed by atoms with Crippen molar-refractivity contribution >= 4 is 15.6 Å². The minimum Gasteiger partial charge on any atom is -0.756 e. The highest BCUT2D eigenvalue weighted by Gasteiger charge is 2.46. The molecule has 1 aromatic heterocycles. The first kappa shape index (κ1) is 28.2. The third kappa shape index (κ3) is 6.51. The Morgan fingerprint density at radius 2 is 1.74 bits per heavy atom. The maximum absolute atomic E-state index is 12.0. The van der Waals surface area contributed by atoms with E-state index in [1.165, 1.54) is 6.92 Å². The van der Waals surface area contributed by atoms with Crippen LogP contribution in [0.1, 0.15) is 13.2 Å². The first-order valence-corrected chi connectivity index (χ1v) is 12.8. The van der Waals surface area contributed by atoms with Gasteiger partial charge in [-0.2, -0.15) is 0 Å². The van der Waals surface area contributed by atoms with Gasteiger partial charge >= 0.3 is 5.69 Å². The Kier molecular flexibility index (Phi) is 8.52. The van der Waals surface area contributed by atoms with Gasteiger partial charge in [-0.1, -0.05) is 0 Å². The molecule has 20 heteroatoms. The number of nitrogens with two attached hydrogens (primary N) is 1. The summed E-state index contributed by atoms with van der Waals surface area (Å²) < 4.78 is 47.6. The molecule has 0 amide bonds. The predicted molar refractivity (Wildman–Crippen MR) is 105 cm³/mol. The van der Waals surface area contributed by atoms with Crippen LogP contribution in [0.15, 0.2) is 21.9 Å². The van der Waals surface area contributed by atoms with Crippen molar-refractivity contribution in [2.24, 2.45) is 5.73 Å². The van der Waals surface area contributed by atoms with Gasteiger partial charge < -0.3 is 49.9 Å². The lowest BCUT2D eigenvalue weighted by molar-refractivity contribution is -0.285. The first-order chi connectivity index (χ1) is 16.1. The minimum atomic E-state index is -5.77. The third-order valence-corrected chi connectivity index (χ3v) is 7.74. The average Bonchev–Trinajstić information content (AvgIpc) is 3.02. The molecule has 0 radical (unpaired) electrons. The monoisotopic (exact) mass is 547 g/mol. The molecule has 200 valence electrons. The zero-order chi connectivity index (χ0) is 26.3. The van der Waals surface area contributed by atoms with Crippen LogP contribution in [0.4, 0.5) is 0 Å². The molecular weight excluding hydrogens is 524 g/mol. The number of hydrogen-bond acceptors (Lipinski definition) is 16. The molecule has 7 N–H and O–H groups in total. The van der Waals surface area contributed by atoms with Crippen molar-refractivity contribution < 1.29 is 62.2 Å². The Bertz CT molecular complexity index is 1110. The molecule has 3 rings (SSSR count). The fraction of sp³-hybridized carbons (Fsp3) is 0.733. The number of nitrogens with zero attached hydrogens (tertiary/aromatic N) is 1. The van der Waals surface area contributed by atoms with Gasteiger partial charge in [-0.15, -0.1) is 0 Å². The zero-order valence-electron chi connectivity index (χ0n) is 17.8. The zero-order valence-corrected chi connectivity index (χ0v) is 19.5. The molecule has 0 spiro atoms. The highest BCUT2D eigenvalue weighted by atomic mass is 31.3. The topological polar surface area (TPSA) is 288 Å². The van der Waals surface area contributed by atoms with Gasteiger partial charge in [0.25, 0.3) is 21.2 Å². The lowest BCUT2D eigenvalue weighted by Crippen LogP contribution is -2.60. The van der Waals surface area contributed by atoms with Crippen molar-refractivity contribution in [3.8, 4) is 0 Å². The number of H-pyrrole nitrogens is 1. The predicted octanol–water partition coefficient (Wildman–Crippen LogP) is -5.06. The van der Waals surface area contributed by atoms with E-state index in [0.717, 1.165) is 16.8 Å². The number of phosphoric ester groups is 2. The summed E-state index contributed by atoms with van der Waals surface area (Å²) in [6, 6.07) is -0.158.